The fourth-order valence-corrected chi connectivity index (χ4v) is 17.4. The van der Waals surface area contributed by atoms with Gasteiger partial charge in [0, 0.05) is 25.2 Å². The van der Waals surface area contributed by atoms with E-state index in [1.54, 1.807) is 4.57 Å². The highest BCUT2D eigenvalue weighted by atomic mass is 28.5. The third-order valence-corrected chi connectivity index (χ3v) is 18.5. The fourth-order valence-electron chi connectivity index (χ4n) is 6.16. The van der Waals surface area contributed by atoms with Gasteiger partial charge in [-0.1, -0.05) is 55.4 Å². The van der Waals surface area contributed by atoms with Crippen LogP contribution in [0, 0.1) is 23.0 Å². The van der Waals surface area contributed by atoms with Crippen LogP contribution >= 0.6 is 0 Å². The number of nitrogens with zero attached hydrogens (tertiary/aromatic N) is 3. The topological polar surface area (TPSA) is 87.8 Å². The Bertz CT molecular complexity index is 1200. The van der Waals surface area contributed by atoms with Crippen molar-refractivity contribution in [3.63, 3.8) is 0 Å². The monoisotopic (exact) mass is 595 g/mol. The van der Waals surface area contributed by atoms with E-state index in [2.05, 4.69) is 66.4 Å². The van der Waals surface area contributed by atoms with Crippen LogP contribution in [0.3, 0.4) is 0 Å². The van der Waals surface area contributed by atoms with Crippen molar-refractivity contribution >= 4 is 28.2 Å². The number of fused-ring (bicyclic) bond motifs is 2. The summed E-state index contributed by atoms with van der Waals surface area (Å²) >= 11 is 0. The number of rotatable bonds is 9. The molecule has 4 atom stereocenters. The predicted molar refractivity (Wildman–Crippen MR) is 152 cm³/mol. The first-order valence-electron chi connectivity index (χ1n) is 14.4. The average Bonchev–Trinajstić information content (AvgIpc) is 3.42. The van der Waals surface area contributed by atoms with Crippen LogP contribution < -0.4 is 0 Å². The van der Waals surface area contributed by atoms with Gasteiger partial charge >= 0.3 is 17.1 Å². The summed E-state index contributed by atoms with van der Waals surface area (Å²) in [6.45, 7) is 17.8. The summed E-state index contributed by atoms with van der Waals surface area (Å²) in [6.07, 6.45) is -0.133. The first kappa shape index (κ1) is 31.2. The second-order valence-corrected chi connectivity index (χ2v) is 21.0. The Hall–Kier alpha value is -1.73. The van der Waals surface area contributed by atoms with E-state index in [1.165, 1.54) is 12.4 Å². The van der Waals surface area contributed by atoms with E-state index in [4.69, 9.17) is 27.7 Å². The molecule has 2 fully saturated rings. The minimum Gasteiger partial charge on any atom is -0.414 e. The van der Waals surface area contributed by atoms with Crippen molar-refractivity contribution in [2.24, 2.45) is 0 Å². The summed E-state index contributed by atoms with van der Waals surface area (Å²) in [4.78, 5) is 4.22. The molecule has 0 aliphatic carbocycles. The second-order valence-electron chi connectivity index (χ2n) is 12.1. The van der Waals surface area contributed by atoms with E-state index in [1.807, 2.05) is 0 Å². The second kappa shape index (κ2) is 12.3. The lowest BCUT2D eigenvalue weighted by Crippen LogP contribution is -2.66. The maximum absolute atomic E-state index is 14.6. The molecule has 2 aliphatic rings. The fraction of sp³-hybridized carbons (Fsp3) is 0.714. The molecule has 4 rings (SSSR count). The van der Waals surface area contributed by atoms with Gasteiger partial charge < -0.3 is 27.0 Å². The molecule has 2 saturated heterocycles. The molecule has 40 heavy (non-hydrogen) atoms. The number of aromatic nitrogens is 2. The zero-order chi connectivity index (χ0) is 29.4. The van der Waals surface area contributed by atoms with Crippen LogP contribution in [0.25, 0.3) is 11.0 Å². The van der Waals surface area contributed by atoms with Gasteiger partial charge in [-0.25, -0.2) is 13.8 Å². The molecular weight excluding hydrogens is 552 g/mol. The number of halogens is 2. The summed E-state index contributed by atoms with van der Waals surface area (Å²) < 4.78 is 64.9. The molecule has 0 amide bonds. The van der Waals surface area contributed by atoms with Gasteiger partial charge in [0.25, 0.3) is 0 Å². The zero-order valence-corrected chi connectivity index (χ0v) is 26.8. The SMILES string of the molecule is CC(C)[Si]1(C(C)C)OC[C@H]2O[C@@H](n3cnc4c(F)cc(F)cc43)[C@H](OCCCC#N)[C@@H]2O[Si](C(C)C)(C(C)C)O1. The van der Waals surface area contributed by atoms with E-state index >= 15 is 0 Å². The van der Waals surface area contributed by atoms with Gasteiger partial charge in [0.1, 0.15) is 29.6 Å². The lowest BCUT2D eigenvalue weighted by Gasteiger charge is -2.51. The molecule has 1 aromatic heterocycles. The Labute approximate surface area is 238 Å². The zero-order valence-electron chi connectivity index (χ0n) is 24.8. The molecule has 222 valence electrons. The van der Waals surface area contributed by atoms with Crippen LogP contribution in [0.1, 0.15) is 74.5 Å². The van der Waals surface area contributed by atoms with Crippen LogP contribution in [-0.4, -0.2) is 58.2 Å². The van der Waals surface area contributed by atoms with E-state index in [0.717, 1.165) is 6.07 Å². The Morgan fingerprint density at radius 3 is 2.30 bits per heavy atom. The summed E-state index contributed by atoms with van der Waals surface area (Å²) in [7, 11) is -5.75. The largest absolute Gasteiger partial charge is 0.414 e. The molecule has 2 aliphatic heterocycles. The van der Waals surface area contributed by atoms with Crippen LogP contribution in [0.5, 0.6) is 0 Å². The Morgan fingerprint density at radius 1 is 1.05 bits per heavy atom. The minimum atomic E-state index is -2.97. The highest BCUT2D eigenvalue weighted by Crippen LogP contribution is 2.49. The van der Waals surface area contributed by atoms with Crippen molar-refractivity contribution in [1.82, 2.24) is 9.55 Å². The molecule has 0 unspecified atom stereocenters. The number of ether oxygens (including phenoxy) is 2. The molecule has 0 bridgehead atoms. The van der Waals surface area contributed by atoms with Crippen molar-refractivity contribution in [2.75, 3.05) is 13.2 Å². The van der Waals surface area contributed by atoms with Gasteiger partial charge in [-0.15, -0.1) is 0 Å². The normalized spacial score (nSPS) is 26.4. The molecule has 8 nitrogen and oxygen atoms in total. The standard InChI is InChI=1S/C28H43F2N3O5Si2/c1-17(2)39(18(3)4)35-15-24-26(37-40(38-39,19(5)6)20(7)8)27(34-12-10-9-11-31)28(36-24)33-16-32-25-22(30)13-21(29)14-23(25)33/h13-14,16-20,24,26-28H,9-10,12,15H2,1-8H3/t24-,26-,27-,28-/m1/s1. The van der Waals surface area contributed by atoms with E-state index in [0.29, 0.717) is 19.4 Å². The van der Waals surface area contributed by atoms with Crippen molar-refractivity contribution < 1.29 is 31.2 Å². The minimum absolute atomic E-state index is 0.0529. The van der Waals surface area contributed by atoms with Crippen LogP contribution in [-0.2, 0) is 22.4 Å². The predicted octanol–water partition coefficient (Wildman–Crippen LogP) is 6.86. The van der Waals surface area contributed by atoms with Gasteiger partial charge in [-0.3, -0.25) is 0 Å². The molecule has 0 N–H and O–H groups in total. The smallest absolute Gasteiger partial charge is 0.335 e. The van der Waals surface area contributed by atoms with E-state index in [-0.39, 0.29) is 39.8 Å². The number of imidazole rings is 1. The van der Waals surface area contributed by atoms with Crippen molar-refractivity contribution in [1.29, 1.82) is 5.26 Å². The first-order valence-corrected chi connectivity index (χ1v) is 18.3. The molecule has 1 aromatic carbocycles. The number of hydrogen-bond acceptors (Lipinski definition) is 7. The molecule has 2 aromatic rings. The number of nitriles is 1. The molecule has 3 heterocycles. The lowest BCUT2D eigenvalue weighted by molar-refractivity contribution is -0.0692. The van der Waals surface area contributed by atoms with Gasteiger partial charge in [-0.05, 0) is 28.6 Å². The van der Waals surface area contributed by atoms with Gasteiger partial charge in [-0.2, -0.15) is 5.26 Å². The Kier molecular flexibility index (Phi) is 9.56. The summed E-state index contributed by atoms with van der Waals surface area (Å²) in [5.74, 6) is -1.45. The van der Waals surface area contributed by atoms with Crippen molar-refractivity contribution in [3.05, 3.63) is 30.1 Å². The molecule has 0 spiro atoms. The van der Waals surface area contributed by atoms with Gasteiger partial charge in [0.15, 0.2) is 12.0 Å². The number of unbranched alkanes of at least 4 members (excludes halogenated alkanes) is 1. The van der Waals surface area contributed by atoms with Crippen LogP contribution in [0.2, 0.25) is 22.2 Å². The molecule has 0 radical (unpaired) electrons. The first-order chi connectivity index (χ1) is 18.9. The van der Waals surface area contributed by atoms with Crippen molar-refractivity contribution in [3.8, 4) is 6.07 Å². The number of hydrogen-bond donors (Lipinski definition) is 0. The van der Waals surface area contributed by atoms with Crippen LogP contribution in [0.4, 0.5) is 8.78 Å². The highest BCUT2D eigenvalue weighted by molar-refractivity contribution is 6.84. The van der Waals surface area contributed by atoms with Crippen molar-refractivity contribution in [2.45, 2.75) is 115 Å². The molecule has 12 heteroatoms. The Morgan fingerprint density at radius 2 is 1.70 bits per heavy atom. The van der Waals surface area contributed by atoms with Crippen LogP contribution in [0.15, 0.2) is 18.5 Å². The third kappa shape index (κ3) is 5.54. The quantitative estimate of drug-likeness (QED) is 0.231. The maximum Gasteiger partial charge on any atom is 0.335 e. The molecular formula is C28H43F2N3O5Si2. The lowest BCUT2D eigenvalue weighted by atomic mass is 10.1. The third-order valence-electron chi connectivity index (χ3n) is 8.23. The van der Waals surface area contributed by atoms with Gasteiger partial charge in [0.05, 0.1) is 24.5 Å². The average molecular weight is 596 g/mol. The van der Waals surface area contributed by atoms with Gasteiger partial charge in [0.2, 0.25) is 0 Å². The summed E-state index contributed by atoms with van der Waals surface area (Å²) in [5.41, 5.74) is 0.886. The summed E-state index contributed by atoms with van der Waals surface area (Å²) in [6, 6.07) is 4.22. The maximum atomic E-state index is 14.6. The summed E-state index contributed by atoms with van der Waals surface area (Å²) in [5, 5.41) is 9.05. The number of benzene rings is 1. The van der Waals surface area contributed by atoms with E-state index < -0.39 is 53.3 Å². The molecule has 0 saturated carbocycles. The highest BCUT2D eigenvalue weighted by Gasteiger charge is 2.62. The van der Waals surface area contributed by atoms with E-state index in [9.17, 15) is 8.78 Å². The Balaban J connectivity index is 1.82.